The molecular formula is C17H20S. The monoisotopic (exact) mass is 256 g/mol. The van der Waals surface area contributed by atoms with Crippen LogP contribution in [-0.2, 0) is 5.75 Å². The van der Waals surface area contributed by atoms with Crippen LogP contribution in [0.3, 0.4) is 0 Å². The molecule has 0 saturated heterocycles. The average Bonchev–Trinajstić information content (AvgIpc) is 2.42. The second-order valence-electron chi connectivity index (χ2n) is 4.53. The van der Waals surface area contributed by atoms with E-state index in [1.165, 1.54) is 22.3 Å². The topological polar surface area (TPSA) is 0 Å². The molecular weight excluding hydrogens is 236 g/mol. The van der Waals surface area contributed by atoms with Gasteiger partial charge in [0.05, 0.1) is 0 Å². The third kappa shape index (κ3) is 2.91. The predicted octanol–water partition coefficient (Wildman–Crippen LogP) is 4.88. The molecule has 0 N–H and O–H groups in total. The van der Waals surface area contributed by atoms with Crippen molar-refractivity contribution in [2.75, 3.05) is 6.26 Å². The average molecular weight is 256 g/mol. The summed E-state index contributed by atoms with van der Waals surface area (Å²) in [5, 5.41) is 2.30. The van der Waals surface area contributed by atoms with Crippen LogP contribution < -0.4 is 0 Å². The summed E-state index contributed by atoms with van der Waals surface area (Å²) in [7, 11) is 0.372. The van der Waals surface area contributed by atoms with Gasteiger partial charge in [0.2, 0.25) is 0 Å². The number of benzene rings is 2. The lowest BCUT2D eigenvalue weighted by Gasteiger charge is -2.12. The molecule has 2 aromatic carbocycles. The zero-order chi connectivity index (χ0) is 13.0. The summed E-state index contributed by atoms with van der Waals surface area (Å²) in [5.41, 5.74) is 5.57. The van der Waals surface area contributed by atoms with Gasteiger partial charge in [0.25, 0.3) is 0 Å². The van der Waals surface area contributed by atoms with Gasteiger partial charge in [-0.2, -0.15) is 10.5 Å². The third-order valence-electron chi connectivity index (χ3n) is 3.32. The molecule has 0 aliphatic heterocycles. The molecule has 0 amide bonds. The van der Waals surface area contributed by atoms with Crippen molar-refractivity contribution in [2.24, 2.45) is 0 Å². The van der Waals surface area contributed by atoms with Crippen molar-refractivity contribution in [1.29, 1.82) is 0 Å². The summed E-state index contributed by atoms with van der Waals surface area (Å²) in [4.78, 5) is 0. The fourth-order valence-electron chi connectivity index (χ4n) is 2.10. The maximum Gasteiger partial charge on any atom is 0.0132 e. The maximum absolute atomic E-state index is 2.30. The van der Waals surface area contributed by atoms with E-state index in [1.807, 2.05) is 0 Å². The zero-order valence-electron chi connectivity index (χ0n) is 11.3. The lowest BCUT2D eigenvalue weighted by molar-refractivity contribution is 1.31. The molecule has 0 heterocycles. The summed E-state index contributed by atoms with van der Waals surface area (Å²) in [6, 6.07) is 17.3. The van der Waals surface area contributed by atoms with E-state index in [4.69, 9.17) is 0 Å². The maximum atomic E-state index is 2.30. The minimum atomic E-state index is 0.372. The zero-order valence-corrected chi connectivity index (χ0v) is 12.1. The normalized spacial score (nSPS) is 12.6. The molecule has 1 unspecified atom stereocenters. The highest BCUT2D eigenvalue weighted by Crippen LogP contribution is 2.28. The van der Waals surface area contributed by atoms with Crippen LogP contribution in [0.4, 0.5) is 0 Å². The molecule has 1 heteroatoms. The van der Waals surface area contributed by atoms with Crippen molar-refractivity contribution >= 4 is 15.9 Å². The molecule has 0 nitrogen and oxygen atoms in total. The Morgan fingerprint density at radius 3 is 2.39 bits per heavy atom. The minimum Gasteiger partial charge on any atom is -0.189 e. The Hall–Kier alpha value is -1.34. The molecule has 2 aromatic rings. The molecule has 0 aliphatic rings. The summed E-state index contributed by atoms with van der Waals surface area (Å²) >= 11 is 0. The molecule has 0 fully saturated rings. The van der Waals surface area contributed by atoms with E-state index in [1.54, 1.807) is 0 Å². The Balaban J connectivity index is 2.42. The van der Waals surface area contributed by atoms with Gasteiger partial charge in [-0.05, 0) is 42.4 Å². The molecule has 1 atom stereocenters. The molecule has 0 aromatic heterocycles. The van der Waals surface area contributed by atoms with Gasteiger partial charge in [0.1, 0.15) is 0 Å². The number of rotatable bonds is 3. The lowest BCUT2D eigenvalue weighted by Crippen LogP contribution is -1.91. The van der Waals surface area contributed by atoms with Crippen LogP contribution in [0.15, 0.2) is 48.5 Å². The van der Waals surface area contributed by atoms with E-state index in [-0.39, 0.29) is 0 Å². The van der Waals surface area contributed by atoms with Crippen molar-refractivity contribution in [3.05, 3.63) is 59.7 Å². The van der Waals surface area contributed by atoms with E-state index in [0.29, 0.717) is 10.5 Å². The minimum absolute atomic E-state index is 0.372. The van der Waals surface area contributed by atoms with Crippen molar-refractivity contribution in [3.63, 3.8) is 0 Å². The molecule has 18 heavy (non-hydrogen) atoms. The van der Waals surface area contributed by atoms with Crippen LogP contribution in [0.25, 0.3) is 11.1 Å². The second kappa shape index (κ2) is 6.01. The van der Waals surface area contributed by atoms with Gasteiger partial charge in [-0.1, -0.05) is 53.9 Å². The van der Waals surface area contributed by atoms with Crippen LogP contribution >= 0.6 is 10.5 Å². The lowest BCUT2D eigenvalue weighted by atomic mass is 9.97. The van der Waals surface area contributed by atoms with Crippen molar-refractivity contribution in [2.45, 2.75) is 19.6 Å². The van der Waals surface area contributed by atoms with E-state index in [9.17, 15) is 0 Å². The van der Waals surface area contributed by atoms with Crippen molar-refractivity contribution in [3.8, 4) is 11.1 Å². The Bertz CT molecular complexity index is 553. The Kier molecular flexibility index (Phi) is 4.38. The first-order valence-corrected chi connectivity index (χ1v) is 8.13. The van der Waals surface area contributed by atoms with E-state index in [2.05, 4.69) is 74.0 Å². The van der Waals surface area contributed by atoms with Crippen molar-refractivity contribution < 1.29 is 0 Å². The third-order valence-corrected chi connectivity index (χ3v) is 4.89. The smallest absolute Gasteiger partial charge is 0.0132 e. The van der Waals surface area contributed by atoms with Crippen LogP contribution in [0, 0.1) is 6.92 Å². The van der Waals surface area contributed by atoms with Crippen LogP contribution in [0.1, 0.15) is 18.1 Å². The summed E-state index contributed by atoms with van der Waals surface area (Å²) in [5.74, 6) is 1.16. The largest absolute Gasteiger partial charge is 0.189 e. The van der Waals surface area contributed by atoms with E-state index in [0.717, 1.165) is 5.75 Å². The number of hydrogen-bond donors (Lipinski definition) is 0. The summed E-state index contributed by atoms with van der Waals surface area (Å²) in [6.07, 6.45) is 2.30. The van der Waals surface area contributed by atoms with Gasteiger partial charge in [0, 0.05) is 5.75 Å². The number of hydrogen-bond acceptors (Lipinski definition) is 0. The first-order valence-electron chi connectivity index (χ1n) is 6.27. The van der Waals surface area contributed by atoms with Crippen LogP contribution in [0.5, 0.6) is 0 Å². The SMILES string of the molecule is C/C=S(\C)Cc1cccc(-c2ccccc2)c1C. The van der Waals surface area contributed by atoms with Crippen molar-refractivity contribution in [1.82, 2.24) is 0 Å². The van der Waals surface area contributed by atoms with Crippen LogP contribution in [-0.4, -0.2) is 11.6 Å². The molecule has 0 saturated carbocycles. The highest BCUT2D eigenvalue weighted by Gasteiger charge is 2.05. The molecule has 0 aliphatic carbocycles. The second-order valence-corrected chi connectivity index (χ2v) is 6.67. The standard InChI is InChI=1S/C17H20S/c1-4-18(3)13-16-11-8-12-17(14(16)2)15-9-6-5-7-10-15/h4-12H,13H2,1-3H3. The van der Waals surface area contributed by atoms with Gasteiger partial charge < -0.3 is 0 Å². The predicted molar refractivity (Wildman–Crippen MR) is 85.6 cm³/mol. The first-order chi connectivity index (χ1) is 8.72. The van der Waals surface area contributed by atoms with Gasteiger partial charge in [0.15, 0.2) is 0 Å². The van der Waals surface area contributed by atoms with Gasteiger partial charge in [-0.25, -0.2) is 0 Å². The molecule has 0 spiro atoms. The van der Waals surface area contributed by atoms with Crippen LogP contribution in [0.2, 0.25) is 0 Å². The Morgan fingerprint density at radius 2 is 1.72 bits per heavy atom. The van der Waals surface area contributed by atoms with Gasteiger partial charge in [-0.3, -0.25) is 0 Å². The van der Waals surface area contributed by atoms with E-state index < -0.39 is 0 Å². The van der Waals surface area contributed by atoms with Gasteiger partial charge in [-0.15, -0.1) is 0 Å². The first kappa shape index (κ1) is 13.1. The summed E-state index contributed by atoms with van der Waals surface area (Å²) in [6.45, 7) is 4.39. The Labute approximate surface area is 113 Å². The quantitative estimate of drug-likeness (QED) is 0.686. The fraction of sp³-hybridized carbons (Fsp3) is 0.235. The van der Waals surface area contributed by atoms with E-state index >= 15 is 0 Å². The summed E-state index contributed by atoms with van der Waals surface area (Å²) < 4.78 is 0. The highest BCUT2D eigenvalue weighted by atomic mass is 32.2. The Morgan fingerprint density at radius 1 is 1.00 bits per heavy atom. The highest BCUT2D eigenvalue weighted by molar-refractivity contribution is 8.13. The molecule has 2 rings (SSSR count). The fourth-order valence-corrected chi connectivity index (χ4v) is 3.07. The van der Waals surface area contributed by atoms with Gasteiger partial charge >= 0.3 is 0 Å². The molecule has 0 bridgehead atoms. The molecule has 94 valence electrons. The molecule has 0 radical (unpaired) electrons.